The molecule has 1 amide bonds. The van der Waals surface area contributed by atoms with Gasteiger partial charge in [-0.3, -0.25) is 4.79 Å². The highest BCUT2D eigenvalue weighted by atomic mass is 32.2. The summed E-state index contributed by atoms with van der Waals surface area (Å²) in [4.78, 5) is 14.7. The van der Waals surface area contributed by atoms with Crippen LogP contribution in [0.5, 0.6) is 0 Å². The van der Waals surface area contributed by atoms with Gasteiger partial charge in [-0.25, -0.2) is 0 Å². The number of anilines is 2. The number of carbonyl (C=O) groups excluding carboxylic acids is 1. The summed E-state index contributed by atoms with van der Waals surface area (Å²) in [6, 6.07) is 18.3. The van der Waals surface area contributed by atoms with E-state index in [0.29, 0.717) is 0 Å². The van der Waals surface area contributed by atoms with E-state index >= 15 is 0 Å². The van der Waals surface area contributed by atoms with Crippen molar-refractivity contribution in [3.63, 3.8) is 0 Å². The SMILES string of the molecule is C[C@@H](SCc1ccccc1)C(=O)Nc1ccc(N2CCOCC2)cc1. The molecule has 2 aromatic carbocycles. The average molecular weight is 356 g/mol. The van der Waals surface area contributed by atoms with Crippen molar-refractivity contribution in [2.24, 2.45) is 0 Å². The molecule has 0 aliphatic carbocycles. The van der Waals surface area contributed by atoms with Crippen LogP contribution in [0, 0.1) is 0 Å². The zero-order valence-corrected chi connectivity index (χ0v) is 15.3. The molecule has 3 rings (SSSR count). The standard InChI is InChI=1S/C20H24N2O2S/c1-16(25-15-17-5-3-2-4-6-17)20(23)21-18-7-9-19(10-8-18)22-11-13-24-14-12-22/h2-10,16H,11-15H2,1H3,(H,21,23)/t16-/m1/s1. The van der Waals surface area contributed by atoms with Crippen LogP contribution in [0.2, 0.25) is 0 Å². The van der Waals surface area contributed by atoms with E-state index in [1.807, 2.05) is 37.3 Å². The van der Waals surface area contributed by atoms with Gasteiger partial charge in [-0.15, -0.1) is 11.8 Å². The molecule has 25 heavy (non-hydrogen) atoms. The Balaban J connectivity index is 1.49. The van der Waals surface area contributed by atoms with Crippen molar-refractivity contribution in [1.29, 1.82) is 0 Å². The van der Waals surface area contributed by atoms with Crippen LogP contribution in [0.25, 0.3) is 0 Å². The predicted molar refractivity (Wildman–Crippen MR) is 105 cm³/mol. The summed E-state index contributed by atoms with van der Waals surface area (Å²) < 4.78 is 5.38. The maximum Gasteiger partial charge on any atom is 0.237 e. The lowest BCUT2D eigenvalue weighted by atomic mass is 10.2. The molecular weight excluding hydrogens is 332 g/mol. The molecule has 0 unspecified atom stereocenters. The summed E-state index contributed by atoms with van der Waals surface area (Å²) in [5.74, 6) is 0.880. The van der Waals surface area contributed by atoms with Crippen LogP contribution in [0.4, 0.5) is 11.4 Å². The van der Waals surface area contributed by atoms with Crippen molar-refractivity contribution in [3.8, 4) is 0 Å². The summed E-state index contributed by atoms with van der Waals surface area (Å²) in [6.07, 6.45) is 0. The minimum absolute atomic E-state index is 0.0417. The van der Waals surface area contributed by atoms with Crippen LogP contribution < -0.4 is 10.2 Å². The summed E-state index contributed by atoms with van der Waals surface area (Å²) in [7, 11) is 0. The van der Waals surface area contributed by atoms with Gasteiger partial charge in [-0.05, 0) is 36.8 Å². The van der Waals surface area contributed by atoms with Crippen LogP contribution in [-0.2, 0) is 15.3 Å². The molecule has 1 aliphatic rings. The Morgan fingerprint density at radius 2 is 1.80 bits per heavy atom. The van der Waals surface area contributed by atoms with Crippen LogP contribution in [0.15, 0.2) is 54.6 Å². The number of amides is 1. The van der Waals surface area contributed by atoms with E-state index in [1.54, 1.807) is 11.8 Å². The zero-order chi connectivity index (χ0) is 17.5. The summed E-state index contributed by atoms with van der Waals surface area (Å²) in [5.41, 5.74) is 3.25. The first-order valence-corrected chi connectivity index (χ1v) is 9.66. The molecule has 2 aromatic rings. The lowest BCUT2D eigenvalue weighted by Crippen LogP contribution is -2.36. The maximum atomic E-state index is 12.4. The van der Waals surface area contributed by atoms with E-state index in [0.717, 1.165) is 37.7 Å². The number of ether oxygens (including phenoxy) is 1. The molecule has 0 radical (unpaired) electrons. The van der Waals surface area contributed by atoms with Gasteiger partial charge in [0.25, 0.3) is 0 Å². The van der Waals surface area contributed by atoms with Crippen LogP contribution in [0.3, 0.4) is 0 Å². The van der Waals surface area contributed by atoms with Gasteiger partial charge < -0.3 is 15.0 Å². The molecule has 1 heterocycles. The molecular formula is C20H24N2O2S. The second kappa shape index (κ2) is 8.92. The Hall–Kier alpha value is -1.98. The smallest absolute Gasteiger partial charge is 0.237 e. The first-order valence-electron chi connectivity index (χ1n) is 8.61. The highest BCUT2D eigenvalue weighted by molar-refractivity contribution is 7.99. The highest BCUT2D eigenvalue weighted by Gasteiger charge is 2.14. The van der Waals surface area contributed by atoms with Gasteiger partial charge in [0.05, 0.1) is 18.5 Å². The van der Waals surface area contributed by atoms with E-state index in [-0.39, 0.29) is 11.2 Å². The largest absolute Gasteiger partial charge is 0.378 e. The Labute approximate surface area is 153 Å². The Morgan fingerprint density at radius 1 is 1.12 bits per heavy atom. The van der Waals surface area contributed by atoms with Gasteiger partial charge in [0, 0.05) is 30.2 Å². The number of morpholine rings is 1. The third kappa shape index (κ3) is 5.25. The molecule has 1 saturated heterocycles. The van der Waals surface area contributed by atoms with Crippen LogP contribution in [-0.4, -0.2) is 37.5 Å². The highest BCUT2D eigenvalue weighted by Crippen LogP contribution is 2.21. The molecule has 0 spiro atoms. The Bertz CT molecular complexity index is 670. The second-order valence-electron chi connectivity index (χ2n) is 6.07. The van der Waals surface area contributed by atoms with Crippen molar-refractivity contribution < 1.29 is 9.53 Å². The van der Waals surface area contributed by atoms with Gasteiger partial charge >= 0.3 is 0 Å². The van der Waals surface area contributed by atoms with Crippen LogP contribution >= 0.6 is 11.8 Å². The van der Waals surface area contributed by atoms with E-state index in [2.05, 4.69) is 34.5 Å². The lowest BCUT2D eigenvalue weighted by molar-refractivity contribution is -0.115. The molecule has 1 N–H and O–H groups in total. The molecule has 1 aliphatic heterocycles. The summed E-state index contributed by atoms with van der Waals surface area (Å²) in [5, 5.41) is 2.91. The molecule has 0 saturated carbocycles. The first kappa shape index (κ1) is 17.8. The van der Waals surface area contributed by atoms with Crippen LogP contribution in [0.1, 0.15) is 12.5 Å². The number of rotatable bonds is 6. The van der Waals surface area contributed by atoms with Crippen molar-refractivity contribution in [2.75, 3.05) is 36.5 Å². The fraction of sp³-hybridized carbons (Fsp3) is 0.350. The molecule has 1 fully saturated rings. The third-order valence-corrected chi connectivity index (χ3v) is 5.44. The molecule has 0 aromatic heterocycles. The molecule has 1 atom stereocenters. The number of hydrogen-bond donors (Lipinski definition) is 1. The zero-order valence-electron chi connectivity index (χ0n) is 14.5. The number of hydrogen-bond acceptors (Lipinski definition) is 4. The second-order valence-corrected chi connectivity index (χ2v) is 7.40. The Morgan fingerprint density at radius 3 is 2.48 bits per heavy atom. The molecule has 132 valence electrons. The number of nitrogens with zero attached hydrogens (tertiary/aromatic N) is 1. The number of nitrogens with one attached hydrogen (secondary N) is 1. The van der Waals surface area contributed by atoms with Crippen molar-refractivity contribution in [3.05, 3.63) is 60.2 Å². The molecule has 4 nitrogen and oxygen atoms in total. The average Bonchev–Trinajstić information content (AvgIpc) is 2.68. The topological polar surface area (TPSA) is 41.6 Å². The molecule has 0 bridgehead atoms. The first-order chi connectivity index (χ1) is 12.2. The van der Waals surface area contributed by atoms with Gasteiger partial charge in [-0.1, -0.05) is 30.3 Å². The maximum absolute atomic E-state index is 12.4. The van der Waals surface area contributed by atoms with E-state index < -0.39 is 0 Å². The molecule has 5 heteroatoms. The van der Waals surface area contributed by atoms with E-state index in [4.69, 9.17) is 4.74 Å². The lowest BCUT2D eigenvalue weighted by Gasteiger charge is -2.28. The number of thioether (sulfide) groups is 1. The van der Waals surface area contributed by atoms with Gasteiger partial charge in [0.2, 0.25) is 5.91 Å². The van der Waals surface area contributed by atoms with Crippen molar-refractivity contribution in [1.82, 2.24) is 0 Å². The van der Waals surface area contributed by atoms with Gasteiger partial charge in [-0.2, -0.15) is 0 Å². The Kier molecular flexibility index (Phi) is 6.36. The quantitative estimate of drug-likeness (QED) is 0.855. The fourth-order valence-corrected chi connectivity index (χ4v) is 3.54. The monoisotopic (exact) mass is 356 g/mol. The predicted octanol–water partition coefficient (Wildman–Crippen LogP) is 3.78. The number of carbonyl (C=O) groups is 1. The van der Waals surface area contributed by atoms with Crippen molar-refractivity contribution in [2.45, 2.75) is 17.9 Å². The minimum atomic E-state index is -0.0980. The van der Waals surface area contributed by atoms with Gasteiger partial charge in [0.1, 0.15) is 0 Å². The third-order valence-electron chi connectivity index (χ3n) is 4.22. The minimum Gasteiger partial charge on any atom is -0.378 e. The van der Waals surface area contributed by atoms with E-state index in [1.165, 1.54) is 11.3 Å². The normalized spacial score (nSPS) is 15.6. The summed E-state index contributed by atoms with van der Waals surface area (Å²) in [6.45, 7) is 5.33. The van der Waals surface area contributed by atoms with Gasteiger partial charge in [0.15, 0.2) is 0 Å². The number of benzene rings is 2. The van der Waals surface area contributed by atoms with Crippen molar-refractivity contribution >= 4 is 29.0 Å². The summed E-state index contributed by atoms with van der Waals surface area (Å²) >= 11 is 1.65. The van der Waals surface area contributed by atoms with E-state index in [9.17, 15) is 4.79 Å². The fourth-order valence-electron chi connectivity index (χ4n) is 2.69.